The minimum Gasteiger partial charge on any atom is -0.481 e. The summed E-state index contributed by atoms with van der Waals surface area (Å²) in [6.07, 6.45) is -0.298. The van der Waals surface area contributed by atoms with Gasteiger partial charge >= 0.3 is 5.97 Å². The molecule has 0 bridgehead atoms. The predicted octanol–water partition coefficient (Wildman–Crippen LogP) is 2.22. The molecule has 0 heterocycles. The molecule has 0 aliphatic heterocycles. The van der Waals surface area contributed by atoms with Gasteiger partial charge in [-0.3, -0.25) is 4.79 Å². The van der Waals surface area contributed by atoms with Crippen LogP contribution in [0, 0.1) is 5.82 Å². The SMILES string of the molecule is O=C(O)Cc1c(F)cccc1Br. The number of carboxylic acids is 1. The van der Waals surface area contributed by atoms with E-state index in [1.54, 1.807) is 6.07 Å². The van der Waals surface area contributed by atoms with Gasteiger partial charge in [-0.1, -0.05) is 22.0 Å². The van der Waals surface area contributed by atoms with E-state index < -0.39 is 11.8 Å². The summed E-state index contributed by atoms with van der Waals surface area (Å²) in [5, 5.41) is 8.43. The van der Waals surface area contributed by atoms with Crippen LogP contribution < -0.4 is 0 Å². The summed E-state index contributed by atoms with van der Waals surface area (Å²) in [6, 6.07) is 4.37. The van der Waals surface area contributed by atoms with Gasteiger partial charge in [0.25, 0.3) is 0 Å². The number of rotatable bonds is 2. The Hall–Kier alpha value is -0.900. The van der Waals surface area contributed by atoms with Gasteiger partial charge < -0.3 is 5.11 Å². The third-order valence-corrected chi connectivity index (χ3v) is 2.13. The summed E-state index contributed by atoms with van der Waals surface area (Å²) < 4.78 is 13.4. The standard InChI is InChI=1S/C8H6BrFO2/c9-6-2-1-3-7(10)5(6)4-8(11)12/h1-3H,4H2,(H,11,12). The molecule has 0 saturated carbocycles. The van der Waals surface area contributed by atoms with Gasteiger partial charge in [-0.15, -0.1) is 0 Å². The van der Waals surface area contributed by atoms with Crippen LogP contribution in [-0.2, 0) is 11.2 Å². The van der Waals surface area contributed by atoms with Crippen LogP contribution in [0.1, 0.15) is 5.56 Å². The fourth-order valence-electron chi connectivity index (χ4n) is 0.852. The maximum atomic E-state index is 12.9. The van der Waals surface area contributed by atoms with E-state index in [4.69, 9.17) is 5.11 Å². The summed E-state index contributed by atoms with van der Waals surface area (Å²) in [5.41, 5.74) is 0.185. The molecule has 0 saturated heterocycles. The van der Waals surface area contributed by atoms with E-state index >= 15 is 0 Å². The van der Waals surface area contributed by atoms with Gasteiger partial charge in [-0.25, -0.2) is 4.39 Å². The lowest BCUT2D eigenvalue weighted by atomic mass is 10.1. The van der Waals surface area contributed by atoms with E-state index in [9.17, 15) is 9.18 Å². The molecular formula is C8H6BrFO2. The zero-order chi connectivity index (χ0) is 9.14. The van der Waals surface area contributed by atoms with Crippen molar-refractivity contribution in [1.29, 1.82) is 0 Å². The van der Waals surface area contributed by atoms with Crippen molar-refractivity contribution in [2.75, 3.05) is 0 Å². The minimum atomic E-state index is -1.04. The van der Waals surface area contributed by atoms with Crippen LogP contribution in [0.4, 0.5) is 4.39 Å². The molecule has 1 aromatic rings. The van der Waals surface area contributed by atoms with Gasteiger partial charge in [-0.05, 0) is 12.1 Å². The van der Waals surface area contributed by atoms with Gasteiger partial charge in [-0.2, -0.15) is 0 Å². The van der Waals surface area contributed by atoms with Crippen molar-refractivity contribution in [3.8, 4) is 0 Å². The average molecular weight is 233 g/mol. The molecule has 1 N–H and O–H groups in total. The monoisotopic (exact) mass is 232 g/mol. The first-order chi connectivity index (χ1) is 5.61. The third-order valence-electron chi connectivity index (χ3n) is 1.39. The Kier molecular flexibility index (Phi) is 2.81. The molecule has 1 rings (SSSR count). The summed E-state index contributed by atoms with van der Waals surface area (Å²) in [5.74, 6) is -1.53. The van der Waals surface area contributed by atoms with Crippen molar-refractivity contribution in [3.63, 3.8) is 0 Å². The van der Waals surface area contributed by atoms with Gasteiger partial charge in [0.05, 0.1) is 6.42 Å². The Morgan fingerprint density at radius 3 is 2.75 bits per heavy atom. The highest BCUT2D eigenvalue weighted by Crippen LogP contribution is 2.19. The molecule has 12 heavy (non-hydrogen) atoms. The molecule has 0 spiro atoms. The largest absolute Gasteiger partial charge is 0.481 e. The lowest BCUT2D eigenvalue weighted by Gasteiger charge is -2.01. The first-order valence-corrected chi connectivity index (χ1v) is 4.05. The number of halogens is 2. The van der Waals surface area contributed by atoms with E-state index in [1.165, 1.54) is 12.1 Å². The van der Waals surface area contributed by atoms with Crippen LogP contribution in [0.3, 0.4) is 0 Å². The van der Waals surface area contributed by atoms with Crippen molar-refractivity contribution in [2.45, 2.75) is 6.42 Å². The normalized spacial score (nSPS) is 9.83. The van der Waals surface area contributed by atoms with Gasteiger partial charge in [0.1, 0.15) is 5.82 Å². The smallest absolute Gasteiger partial charge is 0.307 e. The van der Waals surface area contributed by atoms with Crippen LogP contribution in [0.5, 0.6) is 0 Å². The molecule has 0 fully saturated rings. The van der Waals surface area contributed by atoms with Crippen LogP contribution in [0.15, 0.2) is 22.7 Å². The van der Waals surface area contributed by atoms with Gasteiger partial charge in [0, 0.05) is 10.0 Å². The number of carboxylic acid groups (broad SMARTS) is 1. The first kappa shape index (κ1) is 9.19. The Morgan fingerprint density at radius 2 is 2.25 bits per heavy atom. The van der Waals surface area contributed by atoms with Crippen molar-refractivity contribution < 1.29 is 14.3 Å². The Balaban J connectivity index is 3.04. The second kappa shape index (κ2) is 3.67. The van der Waals surface area contributed by atoms with Crippen molar-refractivity contribution in [3.05, 3.63) is 34.1 Å². The fraction of sp³-hybridized carbons (Fsp3) is 0.125. The number of hydrogen-bond acceptors (Lipinski definition) is 1. The topological polar surface area (TPSA) is 37.3 Å². The molecular weight excluding hydrogens is 227 g/mol. The van der Waals surface area contributed by atoms with Crippen LogP contribution in [0.25, 0.3) is 0 Å². The minimum absolute atomic E-state index is 0.185. The van der Waals surface area contributed by atoms with E-state index in [0.29, 0.717) is 4.47 Å². The molecule has 0 unspecified atom stereocenters. The molecule has 0 amide bonds. The highest BCUT2D eigenvalue weighted by Gasteiger charge is 2.09. The highest BCUT2D eigenvalue weighted by molar-refractivity contribution is 9.10. The average Bonchev–Trinajstić information content (AvgIpc) is 1.97. The number of carbonyl (C=O) groups is 1. The zero-order valence-electron chi connectivity index (χ0n) is 6.05. The second-order valence-corrected chi connectivity index (χ2v) is 3.13. The second-order valence-electron chi connectivity index (χ2n) is 2.27. The van der Waals surface area contributed by atoms with Crippen LogP contribution >= 0.6 is 15.9 Å². The maximum Gasteiger partial charge on any atom is 0.307 e. The quantitative estimate of drug-likeness (QED) is 0.850. The van der Waals surface area contributed by atoms with Crippen molar-refractivity contribution in [2.24, 2.45) is 0 Å². The molecule has 0 aromatic heterocycles. The van der Waals surface area contributed by atoms with Crippen LogP contribution in [-0.4, -0.2) is 11.1 Å². The Labute approximate surface area is 77.2 Å². The molecule has 64 valence electrons. The summed E-state index contributed by atoms with van der Waals surface area (Å²) in [7, 11) is 0. The fourth-order valence-corrected chi connectivity index (χ4v) is 1.33. The van der Waals surface area contributed by atoms with Crippen LogP contribution in [0.2, 0.25) is 0 Å². The molecule has 1 aromatic carbocycles. The van der Waals surface area contributed by atoms with E-state index in [1.807, 2.05) is 0 Å². The van der Waals surface area contributed by atoms with Gasteiger partial charge in [0.2, 0.25) is 0 Å². The van der Waals surface area contributed by atoms with Crippen molar-refractivity contribution >= 4 is 21.9 Å². The Bertz CT molecular complexity index is 292. The molecule has 0 aliphatic rings. The highest BCUT2D eigenvalue weighted by atomic mass is 79.9. The molecule has 4 heteroatoms. The Morgan fingerprint density at radius 1 is 1.58 bits per heavy atom. The number of benzene rings is 1. The first-order valence-electron chi connectivity index (χ1n) is 3.26. The van der Waals surface area contributed by atoms with Crippen molar-refractivity contribution in [1.82, 2.24) is 0 Å². The zero-order valence-corrected chi connectivity index (χ0v) is 7.64. The summed E-state index contributed by atoms with van der Waals surface area (Å²) in [4.78, 5) is 10.3. The lowest BCUT2D eigenvalue weighted by molar-refractivity contribution is -0.136. The number of hydrogen-bond donors (Lipinski definition) is 1. The molecule has 0 radical (unpaired) electrons. The van der Waals surface area contributed by atoms with E-state index in [-0.39, 0.29) is 12.0 Å². The third kappa shape index (κ3) is 2.04. The maximum absolute atomic E-state index is 12.9. The van der Waals surface area contributed by atoms with E-state index in [0.717, 1.165) is 0 Å². The number of aliphatic carboxylic acids is 1. The predicted molar refractivity (Wildman–Crippen MR) is 45.4 cm³/mol. The molecule has 0 atom stereocenters. The summed E-state index contributed by atoms with van der Waals surface area (Å²) in [6.45, 7) is 0. The van der Waals surface area contributed by atoms with E-state index in [2.05, 4.69) is 15.9 Å². The van der Waals surface area contributed by atoms with Gasteiger partial charge in [0.15, 0.2) is 0 Å². The lowest BCUT2D eigenvalue weighted by Crippen LogP contribution is -2.03. The summed E-state index contributed by atoms with van der Waals surface area (Å²) >= 11 is 3.07. The molecule has 0 aliphatic carbocycles. The molecule has 2 nitrogen and oxygen atoms in total.